The maximum Gasteiger partial charge on any atom is 0.221 e. The monoisotopic (exact) mass is 317 g/mol. The quantitative estimate of drug-likeness (QED) is 0.825. The molecule has 1 atom stereocenters. The van der Waals surface area contributed by atoms with Crippen LogP contribution in [0.1, 0.15) is 37.3 Å². The number of aromatic nitrogens is 1. The van der Waals surface area contributed by atoms with Crippen molar-refractivity contribution < 1.29 is 14.1 Å². The molecule has 2 rings (SSSR count). The fourth-order valence-electron chi connectivity index (χ4n) is 2.37. The topological polar surface area (TPSA) is 76.4 Å². The third kappa shape index (κ3) is 4.98. The number of carbonyl (C=O) groups is 1. The Morgan fingerprint density at radius 3 is 2.86 bits per heavy atom. The van der Waals surface area contributed by atoms with E-state index < -0.39 is 0 Å². The van der Waals surface area contributed by atoms with Crippen molar-refractivity contribution in [2.45, 2.75) is 45.7 Å². The van der Waals surface area contributed by atoms with E-state index in [9.17, 15) is 4.79 Å². The molecule has 0 aliphatic carbocycles. The lowest BCUT2D eigenvalue weighted by atomic mass is 10.1. The van der Waals surface area contributed by atoms with E-state index in [1.54, 1.807) is 0 Å². The highest BCUT2D eigenvalue weighted by Gasteiger charge is 2.18. The Hall–Kier alpha value is -1.11. The van der Waals surface area contributed by atoms with Crippen LogP contribution in [-0.2, 0) is 28.9 Å². The van der Waals surface area contributed by atoms with Gasteiger partial charge in [0.2, 0.25) is 5.91 Å². The first-order valence-corrected chi connectivity index (χ1v) is 7.28. The summed E-state index contributed by atoms with van der Waals surface area (Å²) in [5, 5.41) is 10.3. The molecule has 0 bridgehead atoms. The summed E-state index contributed by atoms with van der Waals surface area (Å²) in [4.78, 5) is 11.9. The van der Waals surface area contributed by atoms with Crippen molar-refractivity contribution in [3.8, 4) is 0 Å². The molecule has 7 heteroatoms. The molecule has 1 aromatic heterocycles. The number of hydrogen-bond acceptors (Lipinski definition) is 5. The molecule has 21 heavy (non-hydrogen) atoms. The molecule has 0 aromatic carbocycles. The Morgan fingerprint density at radius 1 is 1.43 bits per heavy atom. The molecule has 1 saturated heterocycles. The lowest BCUT2D eigenvalue weighted by Crippen LogP contribution is -2.44. The second-order valence-electron chi connectivity index (χ2n) is 4.94. The van der Waals surface area contributed by atoms with Crippen LogP contribution >= 0.6 is 12.4 Å². The zero-order chi connectivity index (χ0) is 14.4. The van der Waals surface area contributed by atoms with Crippen molar-refractivity contribution >= 4 is 18.3 Å². The molecule has 120 valence electrons. The molecule has 1 amide bonds. The molecule has 0 spiro atoms. The smallest absolute Gasteiger partial charge is 0.221 e. The van der Waals surface area contributed by atoms with E-state index in [1.807, 2.05) is 13.8 Å². The number of aryl methyl sites for hydroxylation is 2. The summed E-state index contributed by atoms with van der Waals surface area (Å²) in [7, 11) is 0. The zero-order valence-corrected chi connectivity index (χ0v) is 13.4. The van der Waals surface area contributed by atoms with Crippen molar-refractivity contribution in [1.29, 1.82) is 0 Å². The minimum atomic E-state index is 0. The van der Waals surface area contributed by atoms with E-state index in [0.717, 1.165) is 43.0 Å². The summed E-state index contributed by atoms with van der Waals surface area (Å²) in [6.07, 6.45) is 2.04. The Kier molecular flexibility index (Phi) is 7.71. The maximum atomic E-state index is 11.9. The Bertz CT molecular complexity index is 423. The van der Waals surface area contributed by atoms with Crippen LogP contribution in [0.4, 0.5) is 0 Å². The van der Waals surface area contributed by atoms with E-state index in [2.05, 4.69) is 15.8 Å². The van der Waals surface area contributed by atoms with Gasteiger partial charge in [-0.25, -0.2) is 0 Å². The van der Waals surface area contributed by atoms with E-state index in [1.165, 1.54) is 0 Å². The SMILES string of the molecule is CCc1noc(CC)c1CNC(=O)CC1COCCN1.Cl. The van der Waals surface area contributed by atoms with Gasteiger partial charge >= 0.3 is 0 Å². The van der Waals surface area contributed by atoms with Gasteiger partial charge in [0.15, 0.2) is 0 Å². The van der Waals surface area contributed by atoms with Gasteiger partial charge in [0, 0.05) is 37.5 Å². The van der Waals surface area contributed by atoms with Gasteiger partial charge in [-0.2, -0.15) is 0 Å². The van der Waals surface area contributed by atoms with Crippen molar-refractivity contribution in [2.75, 3.05) is 19.8 Å². The molecular weight excluding hydrogens is 294 g/mol. The fraction of sp³-hybridized carbons (Fsp3) is 0.714. The number of hydrogen-bond donors (Lipinski definition) is 2. The van der Waals surface area contributed by atoms with E-state index >= 15 is 0 Å². The molecule has 1 fully saturated rings. The minimum absolute atomic E-state index is 0. The molecule has 1 aliphatic rings. The average Bonchev–Trinajstić information content (AvgIpc) is 2.88. The molecule has 0 saturated carbocycles. The van der Waals surface area contributed by atoms with Gasteiger partial charge in [0.25, 0.3) is 0 Å². The van der Waals surface area contributed by atoms with Crippen molar-refractivity contribution in [3.63, 3.8) is 0 Å². The highest BCUT2D eigenvalue weighted by Crippen LogP contribution is 2.15. The summed E-state index contributed by atoms with van der Waals surface area (Å²) in [6, 6.07) is 0.113. The van der Waals surface area contributed by atoms with Gasteiger partial charge in [-0.05, 0) is 6.42 Å². The fourth-order valence-corrected chi connectivity index (χ4v) is 2.37. The molecule has 2 N–H and O–H groups in total. The average molecular weight is 318 g/mol. The number of nitrogens with one attached hydrogen (secondary N) is 2. The van der Waals surface area contributed by atoms with Gasteiger partial charge in [-0.3, -0.25) is 4.79 Å². The van der Waals surface area contributed by atoms with E-state index in [0.29, 0.717) is 19.6 Å². The number of morpholine rings is 1. The molecule has 6 nitrogen and oxygen atoms in total. The van der Waals surface area contributed by atoms with Crippen molar-refractivity contribution in [2.24, 2.45) is 0 Å². The first-order valence-electron chi connectivity index (χ1n) is 7.28. The molecular formula is C14H24ClN3O3. The Labute approximate surface area is 131 Å². The minimum Gasteiger partial charge on any atom is -0.378 e. The highest BCUT2D eigenvalue weighted by atomic mass is 35.5. The first-order chi connectivity index (χ1) is 9.74. The van der Waals surface area contributed by atoms with Gasteiger partial charge in [-0.15, -0.1) is 12.4 Å². The molecule has 1 unspecified atom stereocenters. The third-order valence-electron chi connectivity index (χ3n) is 3.50. The van der Waals surface area contributed by atoms with Crippen LogP contribution in [0.3, 0.4) is 0 Å². The van der Waals surface area contributed by atoms with Crippen LogP contribution in [0.15, 0.2) is 4.52 Å². The van der Waals surface area contributed by atoms with E-state index in [-0.39, 0.29) is 24.4 Å². The molecule has 1 aromatic rings. The summed E-state index contributed by atoms with van der Waals surface area (Å²) in [6.45, 7) is 6.67. The standard InChI is InChI=1S/C14H23N3O3.ClH/c1-3-12-11(13(4-2)20-17-12)8-16-14(18)7-10-9-19-6-5-15-10;/h10,15H,3-9H2,1-2H3,(H,16,18);1H. The van der Waals surface area contributed by atoms with Gasteiger partial charge in [0.1, 0.15) is 5.76 Å². The van der Waals surface area contributed by atoms with Gasteiger partial charge in [0.05, 0.1) is 18.9 Å². The van der Waals surface area contributed by atoms with Gasteiger partial charge < -0.3 is 19.9 Å². The van der Waals surface area contributed by atoms with E-state index in [4.69, 9.17) is 9.26 Å². The summed E-state index contributed by atoms with van der Waals surface area (Å²) in [5.74, 6) is 0.889. The number of nitrogens with zero attached hydrogens (tertiary/aromatic N) is 1. The van der Waals surface area contributed by atoms with Crippen LogP contribution in [0.25, 0.3) is 0 Å². The normalized spacial score (nSPS) is 18.1. The van der Waals surface area contributed by atoms with Crippen LogP contribution in [-0.4, -0.2) is 36.9 Å². The number of carbonyl (C=O) groups excluding carboxylic acids is 1. The predicted octanol–water partition coefficient (Wildman–Crippen LogP) is 1.22. The summed E-state index contributed by atoms with van der Waals surface area (Å²) in [5.41, 5.74) is 1.96. The number of rotatable bonds is 6. The number of halogens is 1. The van der Waals surface area contributed by atoms with Crippen molar-refractivity contribution in [1.82, 2.24) is 15.8 Å². The van der Waals surface area contributed by atoms with Crippen molar-refractivity contribution in [3.05, 3.63) is 17.0 Å². The van der Waals surface area contributed by atoms with Crippen LogP contribution in [0.2, 0.25) is 0 Å². The summed E-state index contributed by atoms with van der Waals surface area (Å²) < 4.78 is 10.6. The Morgan fingerprint density at radius 2 is 2.24 bits per heavy atom. The first kappa shape index (κ1) is 17.9. The Balaban J connectivity index is 0.00000220. The lowest BCUT2D eigenvalue weighted by molar-refractivity contribution is -0.122. The lowest BCUT2D eigenvalue weighted by Gasteiger charge is -2.23. The van der Waals surface area contributed by atoms with Crippen LogP contribution in [0.5, 0.6) is 0 Å². The predicted molar refractivity (Wildman–Crippen MR) is 81.6 cm³/mol. The largest absolute Gasteiger partial charge is 0.378 e. The second kappa shape index (κ2) is 9.02. The highest BCUT2D eigenvalue weighted by molar-refractivity contribution is 5.85. The van der Waals surface area contributed by atoms with Gasteiger partial charge in [-0.1, -0.05) is 19.0 Å². The second-order valence-corrected chi connectivity index (χ2v) is 4.94. The molecule has 1 aliphatic heterocycles. The third-order valence-corrected chi connectivity index (χ3v) is 3.50. The molecule has 0 radical (unpaired) electrons. The summed E-state index contributed by atoms with van der Waals surface area (Å²) >= 11 is 0. The van der Waals surface area contributed by atoms with Crippen LogP contribution < -0.4 is 10.6 Å². The number of ether oxygens (including phenoxy) is 1. The number of amides is 1. The maximum absolute atomic E-state index is 11.9. The zero-order valence-electron chi connectivity index (χ0n) is 12.6. The molecule has 2 heterocycles. The van der Waals surface area contributed by atoms with Crippen LogP contribution in [0, 0.1) is 0 Å².